The Balaban J connectivity index is 1.76. The highest BCUT2D eigenvalue weighted by atomic mass is 32.1. The average Bonchev–Trinajstić information content (AvgIpc) is 3.46. The third-order valence-electron chi connectivity index (χ3n) is 4.07. The third kappa shape index (κ3) is 3.51. The van der Waals surface area contributed by atoms with E-state index in [0.717, 1.165) is 28.4 Å². The number of aromatic nitrogens is 5. The number of rotatable bonds is 4. The molecule has 3 aromatic heterocycles. The molecule has 3 heterocycles. The highest BCUT2D eigenvalue weighted by Crippen LogP contribution is 2.35. The largest absolute Gasteiger partial charge is 0.497 e. The molecule has 4 rings (SSSR count). The summed E-state index contributed by atoms with van der Waals surface area (Å²) in [6.07, 6.45) is -0.221. The lowest BCUT2D eigenvalue weighted by atomic mass is 10.2. The molecule has 29 heavy (non-hydrogen) atoms. The van der Waals surface area contributed by atoms with Gasteiger partial charge in [0.15, 0.2) is 5.69 Å². The number of imidazole rings is 1. The van der Waals surface area contributed by atoms with Gasteiger partial charge in [-0.2, -0.15) is 18.3 Å². The molecule has 0 spiro atoms. The van der Waals surface area contributed by atoms with Crippen molar-refractivity contribution in [2.75, 3.05) is 7.11 Å². The van der Waals surface area contributed by atoms with E-state index in [1.165, 1.54) is 19.5 Å². The first-order valence-electron chi connectivity index (χ1n) is 8.16. The Kier molecular flexibility index (Phi) is 4.66. The zero-order valence-electron chi connectivity index (χ0n) is 14.8. The number of thiazole rings is 1. The number of hydrogen-bond acceptors (Lipinski definition) is 6. The molecule has 0 aliphatic carbocycles. The monoisotopic (exact) mass is 419 g/mol. The van der Waals surface area contributed by atoms with E-state index in [4.69, 9.17) is 4.74 Å². The molecule has 0 radical (unpaired) electrons. The molecule has 0 saturated carbocycles. The Hall–Kier alpha value is -3.47. The van der Waals surface area contributed by atoms with E-state index in [1.807, 2.05) is 0 Å². The number of hydrogen-bond donors (Lipinski definition) is 0. The summed E-state index contributed by atoms with van der Waals surface area (Å²) in [6, 6.07) is 6.95. The maximum absolute atomic E-state index is 13.8. The predicted molar refractivity (Wildman–Crippen MR) is 98.2 cm³/mol. The maximum atomic E-state index is 13.8. The van der Waals surface area contributed by atoms with Gasteiger partial charge in [-0.15, -0.1) is 11.3 Å². The van der Waals surface area contributed by atoms with E-state index in [-0.39, 0.29) is 5.13 Å². The first-order valence-corrected chi connectivity index (χ1v) is 9.04. The van der Waals surface area contributed by atoms with Gasteiger partial charge in [-0.05, 0) is 24.3 Å². The van der Waals surface area contributed by atoms with Gasteiger partial charge in [0.1, 0.15) is 12.1 Å². The van der Waals surface area contributed by atoms with E-state index >= 15 is 0 Å². The van der Waals surface area contributed by atoms with Crippen LogP contribution in [0.25, 0.3) is 16.4 Å². The number of ether oxygens (including phenoxy) is 1. The summed E-state index contributed by atoms with van der Waals surface area (Å²) in [6.45, 7) is 0. The van der Waals surface area contributed by atoms with Crippen LogP contribution >= 0.6 is 11.3 Å². The summed E-state index contributed by atoms with van der Waals surface area (Å²) < 4.78 is 48.0. The van der Waals surface area contributed by atoms with E-state index in [2.05, 4.69) is 15.1 Å². The van der Waals surface area contributed by atoms with Crippen LogP contribution in [0.5, 0.6) is 5.75 Å². The molecular weight excluding hydrogens is 407 g/mol. The molecule has 11 heteroatoms. The van der Waals surface area contributed by atoms with E-state index in [1.54, 1.807) is 29.6 Å². The zero-order valence-corrected chi connectivity index (χ0v) is 15.6. The fourth-order valence-corrected chi connectivity index (χ4v) is 3.49. The standard InChI is InChI=1S/C18H12F3N5O2S/c1-28-12-4-2-11(3-5-12)14-9-29-17(24-14)26-15(18(19,20)21)13(8-23-26)16(27)25-7-6-22-10-25/h2-10H,1H3. The smallest absolute Gasteiger partial charge is 0.434 e. The molecule has 0 saturated heterocycles. The molecule has 0 atom stereocenters. The fraction of sp³-hybridized carbons (Fsp3) is 0.111. The first-order chi connectivity index (χ1) is 13.9. The lowest BCUT2D eigenvalue weighted by molar-refractivity contribution is -0.143. The molecule has 0 aliphatic rings. The number of alkyl halides is 3. The van der Waals surface area contributed by atoms with Crippen LogP contribution in [0.2, 0.25) is 0 Å². The number of methoxy groups -OCH3 is 1. The van der Waals surface area contributed by atoms with Crippen LogP contribution in [-0.2, 0) is 6.18 Å². The minimum atomic E-state index is -4.81. The Labute approximate surface area is 166 Å². The zero-order chi connectivity index (χ0) is 20.6. The molecule has 0 amide bonds. The van der Waals surface area contributed by atoms with E-state index < -0.39 is 23.3 Å². The highest BCUT2D eigenvalue weighted by molar-refractivity contribution is 7.12. The van der Waals surface area contributed by atoms with Gasteiger partial charge in [-0.25, -0.2) is 14.6 Å². The van der Waals surface area contributed by atoms with Crippen LogP contribution in [-0.4, -0.2) is 37.3 Å². The molecule has 0 bridgehead atoms. The predicted octanol–water partition coefficient (Wildman–Crippen LogP) is 3.91. The van der Waals surface area contributed by atoms with Gasteiger partial charge >= 0.3 is 6.18 Å². The maximum Gasteiger partial charge on any atom is 0.434 e. The van der Waals surface area contributed by atoms with Crippen LogP contribution in [0.4, 0.5) is 13.2 Å². The van der Waals surface area contributed by atoms with Gasteiger partial charge in [0, 0.05) is 23.3 Å². The number of carbonyl (C=O) groups is 1. The molecule has 0 fully saturated rings. The number of benzene rings is 1. The van der Waals surface area contributed by atoms with Crippen molar-refractivity contribution in [1.82, 2.24) is 24.3 Å². The Bertz CT molecular complexity index is 1150. The van der Waals surface area contributed by atoms with Crippen LogP contribution in [0.1, 0.15) is 16.1 Å². The van der Waals surface area contributed by atoms with Crippen molar-refractivity contribution < 1.29 is 22.7 Å². The Morgan fingerprint density at radius 2 is 1.97 bits per heavy atom. The number of carbonyl (C=O) groups excluding carboxylic acids is 1. The van der Waals surface area contributed by atoms with Gasteiger partial charge in [0.25, 0.3) is 5.91 Å². The summed E-state index contributed by atoms with van der Waals surface area (Å²) >= 11 is 0.988. The summed E-state index contributed by atoms with van der Waals surface area (Å²) in [5, 5.41) is 5.40. The Morgan fingerprint density at radius 3 is 2.59 bits per heavy atom. The topological polar surface area (TPSA) is 74.8 Å². The SMILES string of the molecule is COc1ccc(-c2csc(-n3ncc(C(=O)n4ccnc4)c3C(F)(F)F)n2)cc1. The summed E-state index contributed by atoms with van der Waals surface area (Å²) in [7, 11) is 1.54. The van der Waals surface area contributed by atoms with Crippen LogP contribution in [0.3, 0.4) is 0 Å². The van der Waals surface area contributed by atoms with Crippen molar-refractivity contribution in [2.24, 2.45) is 0 Å². The van der Waals surface area contributed by atoms with E-state index in [9.17, 15) is 18.0 Å². The molecule has 0 aliphatic heterocycles. The molecular formula is C18H12F3N5O2S. The highest BCUT2D eigenvalue weighted by Gasteiger charge is 2.41. The number of nitrogens with zero attached hydrogens (tertiary/aromatic N) is 5. The lowest BCUT2D eigenvalue weighted by Crippen LogP contribution is -2.20. The second-order valence-corrected chi connectivity index (χ2v) is 6.67. The van der Waals surface area contributed by atoms with Crippen LogP contribution < -0.4 is 4.74 Å². The van der Waals surface area contributed by atoms with E-state index in [0.29, 0.717) is 21.7 Å². The minimum Gasteiger partial charge on any atom is -0.497 e. The van der Waals surface area contributed by atoms with Crippen LogP contribution in [0, 0.1) is 0 Å². The van der Waals surface area contributed by atoms with Gasteiger partial charge < -0.3 is 4.74 Å². The molecule has 4 aromatic rings. The quantitative estimate of drug-likeness (QED) is 0.501. The molecule has 0 N–H and O–H groups in total. The van der Waals surface area contributed by atoms with Crippen molar-refractivity contribution in [3.63, 3.8) is 0 Å². The average molecular weight is 419 g/mol. The third-order valence-corrected chi connectivity index (χ3v) is 4.88. The van der Waals surface area contributed by atoms with Gasteiger partial charge in [-0.1, -0.05) is 0 Å². The lowest BCUT2D eigenvalue weighted by Gasteiger charge is -2.10. The van der Waals surface area contributed by atoms with Crippen molar-refractivity contribution >= 4 is 17.2 Å². The van der Waals surface area contributed by atoms with Crippen molar-refractivity contribution in [3.8, 4) is 22.1 Å². The van der Waals surface area contributed by atoms with Crippen LogP contribution in [0.15, 0.2) is 54.6 Å². The molecule has 0 unspecified atom stereocenters. The fourth-order valence-electron chi connectivity index (χ4n) is 2.70. The molecule has 148 valence electrons. The van der Waals surface area contributed by atoms with Gasteiger partial charge in [0.05, 0.1) is 24.6 Å². The second kappa shape index (κ2) is 7.17. The second-order valence-electron chi connectivity index (χ2n) is 5.84. The van der Waals surface area contributed by atoms with Crippen molar-refractivity contribution in [3.05, 3.63) is 65.8 Å². The summed E-state index contributed by atoms with van der Waals surface area (Å²) in [5.74, 6) is -0.230. The van der Waals surface area contributed by atoms with Crippen molar-refractivity contribution in [2.45, 2.75) is 6.18 Å². The normalized spacial score (nSPS) is 11.6. The number of halogens is 3. The first kappa shape index (κ1) is 18.9. The summed E-state index contributed by atoms with van der Waals surface area (Å²) in [4.78, 5) is 20.4. The van der Waals surface area contributed by atoms with Gasteiger partial charge in [0.2, 0.25) is 5.13 Å². The Morgan fingerprint density at radius 1 is 1.21 bits per heavy atom. The molecule has 7 nitrogen and oxygen atoms in total. The molecule has 1 aromatic carbocycles. The van der Waals surface area contributed by atoms with Gasteiger partial charge in [-0.3, -0.25) is 9.36 Å². The minimum absolute atomic E-state index is 0.00664. The summed E-state index contributed by atoms with van der Waals surface area (Å²) in [5.41, 5.74) is -0.578. The van der Waals surface area contributed by atoms with Crippen molar-refractivity contribution in [1.29, 1.82) is 0 Å².